The maximum atomic E-state index is 12.2. The standard InChI is InChI=1S/C15H20N2O2/c1-15(2)12(6-13(15)18)17-14(19)9-3-4-10-7-16-8-11(10)5-9/h3-5,12-13,16,18H,6-8H2,1-2H3,(H,17,19). The molecule has 0 bridgehead atoms. The lowest BCUT2D eigenvalue weighted by atomic mass is 9.64. The lowest BCUT2D eigenvalue weighted by molar-refractivity contribution is -0.0689. The van der Waals surface area contributed by atoms with Crippen LogP contribution in [0, 0.1) is 5.41 Å². The van der Waals surface area contributed by atoms with Crippen LogP contribution < -0.4 is 10.6 Å². The second kappa shape index (κ2) is 4.32. The summed E-state index contributed by atoms with van der Waals surface area (Å²) in [6.45, 7) is 5.70. The minimum atomic E-state index is -0.318. The number of hydrogen-bond acceptors (Lipinski definition) is 3. The van der Waals surface area contributed by atoms with Crippen molar-refractivity contribution in [2.45, 2.75) is 45.5 Å². The van der Waals surface area contributed by atoms with Crippen LogP contribution in [0.1, 0.15) is 41.8 Å². The Bertz CT molecular complexity index is 525. The van der Waals surface area contributed by atoms with Gasteiger partial charge in [-0.05, 0) is 29.7 Å². The number of rotatable bonds is 2. The molecule has 1 aliphatic heterocycles. The van der Waals surface area contributed by atoms with E-state index in [1.54, 1.807) is 0 Å². The summed E-state index contributed by atoms with van der Waals surface area (Å²) >= 11 is 0. The van der Waals surface area contributed by atoms with E-state index in [9.17, 15) is 9.90 Å². The highest BCUT2D eigenvalue weighted by Crippen LogP contribution is 2.40. The van der Waals surface area contributed by atoms with Crippen molar-refractivity contribution in [1.82, 2.24) is 10.6 Å². The molecule has 1 aromatic carbocycles. The summed E-state index contributed by atoms with van der Waals surface area (Å²) in [5.74, 6) is -0.0420. The molecule has 19 heavy (non-hydrogen) atoms. The summed E-state index contributed by atoms with van der Waals surface area (Å²) in [5.41, 5.74) is 2.96. The first-order valence-corrected chi connectivity index (χ1v) is 6.80. The molecule has 2 atom stereocenters. The molecule has 0 radical (unpaired) electrons. The fourth-order valence-electron chi connectivity index (χ4n) is 2.83. The van der Waals surface area contributed by atoms with E-state index in [4.69, 9.17) is 0 Å². The normalized spacial score (nSPS) is 27.5. The number of aliphatic hydroxyl groups is 1. The van der Waals surface area contributed by atoms with Gasteiger partial charge in [-0.15, -0.1) is 0 Å². The monoisotopic (exact) mass is 260 g/mol. The second-order valence-electron chi connectivity index (χ2n) is 6.19. The number of amides is 1. The highest BCUT2D eigenvalue weighted by molar-refractivity contribution is 5.94. The summed E-state index contributed by atoms with van der Waals surface area (Å²) in [5, 5.41) is 16.0. The van der Waals surface area contributed by atoms with E-state index in [0.717, 1.165) is 13.1 Å². The lowest BCUT2D eigenvalue weighted by Crippen LogP contribution is -2.61. The molecule has 4 nitrogen and oxygen atoms in total. The van der Waals surface area contributed by atoms with Crippen LogP contribution in [0.15, 0.2) is 18.2 Å². The van der Waals surface area contributed by atoms with Gasteiger partial charge in [-0.2, -0.15) is 0 Å². The van der Waals surface area contributed by atoms with E-state index in [-0.39, 0.29) is 23.5 Å². The first kappa shape index (κ1) is 12.6. The zero-order valence-corrected chi connectivity index (χ0v) is 11.4. The number of fused-ring (bicyclic) bond motifs is 1. The van der Waals surface area contributed by atoms with Crippen LogP contribution in [0.2, 0.25) is 0 Å². The first-order chi connectivity index (χ1) is 8.98. The fraction of sp³-hybridized carbons (Fsp3) is 0.533. The van der Waals surface area contributed by atoms with Gasteiger partial charge in [0.1, 0.15) is 0 Å². The number of carbonyl (C=O) groups is 1. The molecule has 1 heterocycles. The maximum Gasteiger partial charge on any atom is 0.251 e. The zero-order chi connectivity index (χ0) is 13.6. The van der Waals surface area contributed by atoms with Gasteiger partial charge in [0.15, 0.2) is 0 Å². The van der Waals surface area contributed by atoms with Gasteiger partial charge in [-0.1, -0.05) is 19.9 Å². The van der Waals surface area contributed by atoms with E-state index in [1.807, 2.05) is 32.0 Å². The number of aliphatic hydroxyl groups excluding tert-OH is 1. The van der Waals surface area contributed by atoms with Crippen molar-refractivity contribution >= 4 is 5.91 Å². The largest absolute Gasteiger partial charge is 0.392 e. The van der Waals surface area contributed by atoms with E-state index < -0.39 is 0 Å². The molecule has 1 saturated carbocycles. The summed E-state index contributed by atoms with van der Waals surface area (Å²) < 4.78 is 0. The van der Waals surface area contributed by atoms with Crippen LogP contribution in [0.25, 0.3) is 0 Å². The summed E-state index contributed by atoms with van der Waals surface area (Å²) in [6, 6.07) is 5.92. The van der Waals surface area contributed by atoms with Crippen LogP contribution in [-0.2, 0) is 13.1 Å². The van der Waals surface area contributed by atoms with Crippen LogP contribution in [-0.4, -0.2) is 23.2 Å². The highest BCUT2D eigenvalue weighted by Gasteiger charge is 2.47. The number of carbonyl (C=O) groups excluding carboxylic acids is 1. The summed E-state index contributed by atoms with van der Waals surface area (Å²) in [4.78, 5) is 12.2. The number of benzene rings is 1. The lowest BCUT2D eigenvalue weighted by Gasteiger charge is -2.49. The molecule has 1 aliphatic carbocycles. The Morgan fingerprint density at radius 3 is 2.79 bits per heavy atom. The molecule has 1 fully saturated rings. The van der Waals surface area contributed by atoms with E-state index in [1.165, 1.54) is 11.1 Å². The fourth-order valence-corrected chi connectivity index (χ4v) is 2.83. The van der Waals surface area contributed by atoms with E-state index >= 15 is 0 Å². The Hall–Kier alpha value is -1.39. The number of nitrogens with one attached hydrogen (secondary N) is 2. The van der Waals surface area contributed by atoms with Crippen LogP contribution in [0.4, 0.5) is 0 Å². The zero-order valence-electron chi connectivity index (χ0n) is 11.4. The quantitative estimate of drug-likeness (QED) is 0.748. The van der Waals surface area contributed by atoms with Crippen molar-refractivity contribution in [3.8, 4) is 0 Å². The summed E-state index contributed by atoms with van der Waals surface area (Å²) in [7, 11) is 0. The highest BCUT2D eigenvalue weighted by atomic mass is 16.3. The molecule has 2 unspecified atom stereocenters. The molecule has 3 N–H and O–H groups in total. The van der Waals surface area contributed by atoms with Crippen LogP contribution >= 0.6 is 0 Å². The number of hydrogen-bond donors (Lipinski definition) is 3. The molecule has 0 spiro atoms. The average molecular weight is 260 g/mol. The Kier molecular flexibility index (Phi) is 2.87. The van der Waals surface area contributed by atoms with Crippen LogP contribution in [0.3, 0.4) is 0 Å². The van der Waals surface area contributed by atoms with Crippen molar-refractivity contribution < 1.29 is 9.90 Å². The van der Waals surface area contributed by atoms with Gasteiger partial charge in [-0.3, -0.25) is 4.79 Å². The van der Waals surface area contributed by atoms with Crippen molar-refractivity contribution in [3.63, 3.8) is 0 Å². The molecule has 0 aromatic heterocycles. The van der Waals surface area contributed by atoms with E-state index in [0.29, 0.717) is 12.0 Å². The van der Waals surface area contributed by atoms with Gasteiger partial charge in [0.2, 0.25) is 0 Å². The van der Waals surface area contributed by atoms with Gasteiger partial charge in [0.25, 0.3) is 5.91 Å². The molecule has 1 aromatic rings. The summed E-state index contributed by atoms with van der Waals surface area (Å²) in [6.07, 6.45) is 0.327. The minimum absolute atomic E-state index is 0.0420. The van der Waals surface area contributed by atoms with Crippen LogP contribution in [0.5, 0.6) is 0 Å². The molecule has 102 valence electrons. The predicted molar refractivity (Wildman–Crippen MR) is 72.6 cm³/mol. The molecular formula is C15H20N2O2. The molecule has 3 rings (SSSR count). The Morgan fingerprint density at radius 2 is 2.11 bits per heavy atom. The Balaban J connectivity index is 1.71. The predicted octanol–water partition coefficient (Wildman–Crippen LogP) is 1.18. The van der Waals surface area contributed by atoms with Crippen molar-refractivity contribution in [3.05, 3.63) is 34.9 Å². The van der Waals surface area contributed by atoms with E-state index in [2.05, 4.69) is 10.6 Å². The maximum absolute atomic E-state index is 12.2. The van der Waals surface area contributed by atoms with Gasteiger partial charge < -0.3 is 15.7 Å². The van der Waals surface area contributed by atoms with Gasteiger partial charge in [0, 0.05) is 30.1 Å². The third-order valence-electron chi connectivity index (χ3n) is 4.62. The second-order valence-corrected chi connectivity index (χ2v) is 6.19. The Labute approximate surface area is 113 Å². The van der Waals surface area contributed by atoms with Crippen molar-refractivity contribution in [2.24, 2.45) is 5.41 Å². The topological polar surface area (TPSA) is 61.4 Å². The minimum Gasteiger partial charge on any atom is -0.392 e. The smallest absolute Gasteiger partial charge is 0.251 e. The van der Waals surface area contributed by atoms with Gasteiger partial charge >= 0.3 is 0 Å². The van der Waals surface area contributed by atoms with Crippen molar-refractivity contribution in [1.29, 1.82) is 0 Å². The molecule has 2 aliphatic rings. The molecule has 4 heteroatoms. The molecular weight excluding hydrogens is 240 g/mol. The third-order valence-corrected chi connectivity index (χ3v) is 4.62. The van der Waals surface area contributed by atoms with Gasteiger partial charge in [0.05, 0.1) is 6.10 Å². The average Bonchev–Trinajstić information content (AvgIpc) is 2.85. The third kappa shape index (κ3) is 2.05. The SMILES string of the molecule is CC1(C)C(O)CC1NC(=O)c1ccc2c(c1)CNC2. The van der Waals surface area contributed by atoms with Crippen molar-refractivity contribution in [2.75, 3.05) is 0 Å². The van der Waals surface area contributed by atoms with Gasteiger partial charge in [-0.25, -0.2) is 0 Å². The molecule has 0 saturated heterocycles. The molecule has 1 amide bonds. The first-order valence-electron chi connectivity index (χ1n) is 6.80. The Morgan fingerprint density at radius 1 is 1.37 bits per heavy atom.